The molecule has 1 aromatic rings. The molecule has 1 aromatic carbocycles. The third-order valence-corrected chi connectivity index (χ3v) is 2.21. The number of hydrogen-bond acceptors (Lipinski definition) is 3. The second-order valence-corrected chi connectivity index (χ2v) is 3.38. The van der Waals surface area contributed by atoms with Crippen molar-refractivity contribution in [1.29, 1.82) is 0 Å². The van der Waals surface area contributed by atoms with Gasteiger partial charge in [-0.05, 0) is 17.7 Å². The molecule has 76 valence electrons. The van der Waals surface area contributed by atoms with Crippen LogP contribution in [-0.4, -0.2) is 22.8 Å². The first-order valence-corrected chi connectivity index (χ1v) is 4.27. The van der Waals surface area contributed by atoms with Gasteiger partial charge in [0.15, 0.2) is 5.54 Å². The molecular weight excluding hydrogens is 206 g/mol. The summed E-state index contributed by atoms with van der Waals surface area (Å²) in [6, 6.07) is 6.12. The number of aliphatic hydroxyl groups excluding tert-OH is 1. The summed E-state index contributed by atoms with van der Waals surface area (Å²) in [6.07, 6.45) is 0. The Morgan fingerprint density at radius 3 is 2.64 bits per heavy atom. The molecule has 0 aliphatic carbocycles. The molecule has 14 heavy (non-hydrogen) atoms. The highest BCUT2D eigenvalue weighted by Crippen LogP contribution is 2.21. The third-order valence-electron chi connectivity index (χ3n) is 1.97. The molecule has 4 N–H and O–H groups in total. The number of hydrogen-bond donors (Lipinski definition) is 3. The maximum Gasteiger partial charge on any atom is 0.330 e. The summed E-state index contributed by atoms with van der Waals surface area (Å²) >= 11 is 5.68. The molecule has 1 rings (SSSR count). The summed E-state index contributed by atoms with van der Waals surface area (Å²) in [4.78, 5) is 10.8. The first-order chi connectivity index (χ1) is 6.50. The van der Waals surface area contributed by atoms with Crippen LogP contribution in [0.25, 0.3) is 0 Å². The number of nitrogens with two attached hydrogens (primary N) is 1. The number of carbonyl (C=O) groups is 1. The molecule has 0 fully saturated rings. The number of benzene rings is 1. The van der Waals surface area contributed by atoms with Crippen LogP contribution in [0.1, 0.15) is 5.56 Å². The minimum atomic E-state index is -1.79. The normalized spacial score (nSPS) is 14.8. The van der Waals surface area contributed by atoms with E-state index in [4.69, 9.17) is 27.5 Å². The van der Waals surface area contributed by atoms with Crippen molar-refractivity contribution in [1.82, 2.24) is 0 Å². The molecule has 0 unspecified atom stereocenters. The fraction of sp³-hybridized carbons (Fsp3) is 0.222. The minimum Gasteiger partial charge on any atom is -0.480 e. The Kier molecular flexibility index (Phi) is 3.10. The van der Waals surface area contributed by atoms with E-state index in [2.05, 4.69) is 0 Å². The van der Waals surface area contributed by atoms with E-state index in [1.165, 1.54) is 12.1 Å². The van der Waals surface area contributed by atoms with Gasteiger partial charge in [0.1, 0.15) is 0 Å². The van der Waals surface area contributed by atoms with E-state index in [1.807, 2.05) is 0 Å². The van der Waals surface area contributed by atoms with Crippen LogP contribution < -0.4 is 5.73 Å². The highest BCUT2D eigenvalue weighted by Gasteiger charge is 2.35. The van der Waals surface area contributed by atoms with Crippen molar-refractivity contribution >= 4 is 17.6 Å². The Labute approximate surface area is 85.9 Å². The molecule has 0 aliphatic rings. The number of carboxylic acid groups (broad SMARTS) is 1. The monoisotopic (exact) mass is 215 g/mol. The van der Waals surface area contributed by atoms with Crippen molar-refractivity contribution in [3.63, 3.8) is 0 Å². The Morgan fingerprint density at radius 2 is 2.21 bits per heavy atom. The average molecular weight is 216 g/mol. The molecule has 0 radical (unpaired) electrons. The van der Waals surface area contributed by atoms with E-state index in [1.54, 1.807) is 12.1 Å². The number of carboxylic acids is 1. The van der Waals surface area contributed by atoms with Crippen LogP contribution in [0.5, 0.6) is 0 Å². The minimum absolute atomic E-state index is 0.278. The Morgan fingerprint density at radius 1 is 1.57 bits per heavy atom. The van der Waals surface area contributed by atoms with Crippen LogP contribution in [0, 0.1) is 0 Å². The SMILES string of the molecule is N[C@](CO)(C(=O)O)c1cccc(Cl)c1. The standard InChI is InChI=1S/C9H10ClNO3/c10-7-3-1-2-6(4-7)9(11,5-12)8(13)14/h1-4,12H,5,11H2,(H,13,14)/t9-/m0/s1. The average Bonchev–Trinajstić information content (AvgIpc) is 2.16. The Hall–Kier alpha value is -1.10. The summed E-state index contributed by atoms with van der Waals surface area (Å²) in [5, 5.41) is 18.2. The molecule has 4 nitrogen and oxygen atoms in total. The highest BCUT2D eigenvalue weighted by atomic mass is 35.5. The van der Waals surface area contributed by atoms with Gasteiger partial charge in [0.2, 0.25) is 0 Å². The van der Waals surface area contributed by atoms with Gasteiger partial charge in [0, 0.05) is 5.02 Å². The van der Waals surface area contributed by atoms with Crippen molar-refractivity contribution in [2.75, 3.05) is 6.61 Å². The Balaban J connectivity index is 3.19. The van der Waals surface area contributed by atoms with Crippen LogP contribution in [0.4, 0.5) is 0 Å². The van der Waals surface area contributed by atoms with Gasteiger partial charge in [-0.1, -0.05) is 23.7 Å². The van der Waals surface area contributed by atoms with Crippen LogP contribution >= 0.6 is 11.6 Å². The topological polar surface area (TPSA) is 83.5 Å². The van der Waals surface area contributed by atoms with Gasteiger partial charge >= 0.3 is 5.97 Å². The van der Waals surface area contributed by atoms with Crippen molar-refractivity contribution in [2.45, 2.75) is 5.54 Å². The molecule has 1 atom stereocenters. The molecule has 0 aliphatic heterocycles. The number of halogens is 1. The number of aliphatic hydroxyl groups is 1. The summed E-state index contributed by atoms with van der Waals surface area (Å²) in [5.74, 6) is -1.29. The van der Waals surface area contributed by atoms with Crippen LogP contribution in [0.15, 0.2) is 24.3 Å². The van der Waals surface area contributed by atoms with Crippen molar-refractivity contribution in [3.8, 4) is 0 Å². The van der Waals surface area contributed by atoms with Crippen LogP contribution in [-0.2, 0) is 10.3 Å². The van der Waals surface area contributed by atoms with E-state index in [-0.39, 0.29) is 5.56 Å². The molecule has 0 saturated heterocycles. The van der Waals surface area contributed by atoms with Gasteiger partial charge in [-0.25, -0.2) is 4.79 Å². The predicted molar refractivity (Wildman–Crippen MR) is 52.0 cm³/mol. The van der Waals surface area contributed by atoms with Gasteiger partial charge in [-0.2, -0.15) is 0 Å². The predicted octanol–water partition coefficient (Wildman–Crippen LogP) is 0.571. The zero-order valence-electron chi connectivity index (χ0n) is 7.27. The van der Waals surface area contributed by atoms with Crippen molar-refractivity contribution < 1.29 is 15.0 Å². The van der Waals surface area contributed by atoms with E-state index in [0.29, 0.717) is 5.02 Å². The quantitative estimate of drug-likeness (QED) is 0.689. The second-order valence-electron chi connectivity index (χ2n) is 2.94. The summed E-state index contributed by atoms with van der Waals surface area (Å²) in [6.45, 7) is -0.678. The maximum atomic E-state index is 10.8. The van der Waals surface area contributed by atoms with Gasteiger partial charge in [-0.3, -0.25) is 0 Å². The molecule has 0 heterocycles. The summed E-state index contributed by atoms with van der Waals surface area (Å²) in [5.41, 5.74) is 4.01. The van der Waals surface area contributed by atoms with E-state index in [9.17, 15) is 4.79 Å². The largest absolute Gasteiger partial charge is 0.480 e. The molecular formula is C9H10ClNO3. The number of aliphatic carboxylic acids is 1. The van der Waals surface area contributed by atoms with Crippen LogP contribution in [0.2, 0.25) is 5.02 Å². The third kappa shape index (κ3) is 1.87. The zero-order chi connectivity index (χ0) is 10.8. The molecule has 0 saturated carbocycles. The summed E-state index contributed by atoms with van der Waals surface area (Å²) in [7, 11) is 0. The Bertz CT molecular complexity index is 356. The highest BCUT2D eigenvalue weighted by molar-refractivity contribution is 6.30. The van der Waals surface area contributed by atoms with Crippen LogP contribution in [0.3, 0.4) is 0 Å². The van der Waals surface area contributed by atoms with E-state index >= 15 is 0 Å². The lowest BCUT2D eigenvalue weighted by atomic mass is 9.92. The van der Waals surface area contributed by atoms with Crippen molar-refractivity contribution in [3.05, 3.63) is 34.9 Å². The molecule has 0 aromatic heterocycles. The summed E-state index contributed by atoms with van der Waals surface area (Å²) < 4.78 is 0. The lowest BCUT2D eigenvalue weighted by molar-refractivity contribution is -0.145. The van der Waals surface area contributed by atoms with Gasteiger partial charge in [0.25, 0.3) is 0 Å². The van der Waals surface area contributed by atoms with Gasteiger partial charge in [-0.15, -0.1) is 0 Å². The van der Waals surface area contributed by atoms with Crippen molar-refractivity contribution in [2.24, 2.45) is 5.73 Å². The number of rotatable bonds is 3. The smallest absolute Gasteiger partial charge is 0.330 e. The van der Waals surface area contributed by atoms with Gasteiger partial charge < -0.3 is 15.9 Å². The molecule has 0 bridgehead atoms. The zero-order valence-corrected chi connectivity index (χ0v) is 8.03. The molecule has 0 spiro atoms. The lowest BCUT2D eigenvalue weighted by Gasteiger charge is -2.22. The van der Waals surface area contributed by atoms with E-state index in [0.717, 1.165) is 0 Å². The van der Waals surface area contributed by atoms with Gasteiger partial charge in [0.05, 0.1) is 6.61 Å². The molecule has 5 heteroatoms. The first kappa shape index (κ1) is 11.0. The fourth-order valence-electron chi connectivity index (χ4n) is 1.05. The fourth-order valence-corrected chi connectivity index (χ4v) is 1.24. The van der Waals surface area contributed by atoms with E-state index < -0.39 is 18.1 Å². The molecule has 0 amide bonds. The lowest BCUT2D eigenvalue weighted by Crippen LogP contribution is -2.48. The maximum absolute atomic E-state index is 10.8. The second kappa shape index (κ2) is 3.96. The first-order valence-electron chi connectivity index (χ1n) is 3.90.